The third-order valence-corrected chi connectivity index (χ3v) is 4.71. The molecular formula is C24H21ClN2O2. The van der Waals surface area contributed by atoms with Crippen LogP contribution in [-0.4, -0.2) is 18.4 Å². The molecule has 0 aliphatic carbocycles. The minimum absolute atomic E-state index is 0.176. The molecule has 3 aromatic rings. The number of para-hydroxylation sites is 2. The number of nitrogens with zero attached hydrogens (tertiary/aromatic N) is 1. The first-order valence-corrected chi connectivity index (χ1v) is 9.67. The average molecular weight is 405 g/mol. The van der Waals surface area contributed by atoms with E-state index in [1.807, 2.05) is 55.5 Å². The van der Waals surface area contributed by atoms with E-state index in [1.54, 1.807) is 41.3 Å². The monoisotopic (exact) mass is 404 g/mol. The molecule has 0 saturated heterocycles. The van der Waals surface area contributed by atoms with Gasteiger partial charge in [0.05, 0.1) is 11.3 Å². The topological polar surface area (TPSA) is 49.4 Å². The number of anilines is 2. The van der Waals surface area contributed by atoms with Gasteiger partial charge in [-0.1, -0.05) is 60.1 Å². The van der Waals surface area contributed by atoms with Gasteiger partial charge in [0.25, 0.3) is 5.91 Å². The second kappa shape index (κ2) is 9.71. The highest BCUT2D eigenvalue weighted by atomic mass is 35.5. The summed E-state index contributed by atoms with van der Waals surface area (Å²) in [6.07, 6.45) is 3.04. The van der Waals surface area contributed by atoms with E-state index < -0.39 is 0 Å². The van der Waals surface area contributed by atoms with Crippen molar-refractivity contribution in [3.8, 4) is 0 Å². The van der Waals surface area contributed by atoms with Crippen LogP contribution in [0.5, 0.6) is 0 Å². The Balaban J connectivity index is 1.80. The number of amides is 2. The zero-order chi connectivity index (χ0) is 20.6. The molecule has 0 radical (unpaired) electrons. The zero-order valence-electron chi connectivity index (χ0n) is 16.0. The zero-order valence-corrected chi connectivity index (χ0v) is 16.8. The third-order valence-electron chi connectivity index (χ3n) is 4.36. The molecule has 2 amide bonds. The first-order chi connectivity index (χ1) is 14.1. The van der Waals surface area contributed by atoms with E-state index in [9.17, 15) is 9.59 Å². The lowest BCUT2D eigenvalue weighted by molar-refractivity contribution is -0.111. The van der Waals surface area contributed by atoms with Crippen molar-refractivity contribution < 1.29 is 9.59 Å². The van der Waals surface area contributed by atoms with Gasteiger partial charge in [-0.15, -0.1) is 0 Å². The highest BCUT2D eigenvalue weighted by molar-refractivity contribution is 6.32. The molecule has 0 unspecified atom stereocenters. The summed E-state index contributed by atoms with van der Waals surface area (Å²) >= 11 is 6.11. The maximum Gasteiger partial charge on any atom is 0.260 e. The Morgan fingerprint density at radius 3 is 2.31 bits per heavy atom. The highest BCUT2D eigenvalue weighted by Gasteiger charge is 2.19. The Morgan fingerprint density at radius 1 is 0.931 bits per heavy atom. The molecule has 1 N–H and O–H groups in total. The van der Waals surface area contributed by atoms with Gasteiger partial charge < -0.3 is 10.2 Å². The molecule has 0 atom stereocenters. The molecule has 5 heteroatoms. The highest BCUT2D eigenvalue weighted by Crippen LogP contribution is 2.22. The second-order valence-corrected chi connectivity index (χ2v) is 6.68. The van der Waals surface area contributed by atoms with Gasteiger partial charge >= 0.3 is 0 Å². The SMILES string of the molecule is CCN(C(=O)c1ccccc1NC(=O)/C=C/c1ccccc1Cl)c1ccccc1. The fourth-order valence-electron chi connectivity index (χ4n) is 2.93. The Bertz CT molecular complexity index is 1030. The van der Waals surface area contributed by atoms with E-state index >= 15 is 0 Å². The van der Waals surface area contributed by atoms with Crippen molar-refractivity contribution in [2.75, 3.05) is 16.8 Å². The molecule has 4 nitrogen and oxygen atoms in total. The number of hydrogen-bond donors (Lipinski definition) is 1. The maximum atomic E-state index is 13.1. The van der Waals surface area contributed by atoms with Crippen molar-refractivity contribution in [2.45, 2.75) is 6.92 Å². The summed E-state index contributed by atoms with van der Waals surface area (Å²) in [5.41, 5.74) is 2.44. The first-order valence-electron chi connectivity index (χ1n) is 9.29. The molecular weight excluding hydrogens is 384 g/mol. The van der Waals surface area contributed by atoms with Gasteiger partial charge in [-0.3, -0.25) is 9.59 Å². The minimum atomic E-state index is -0.340. The van der Waals surface area contributed by atoms with E-state index in [1.165, 1.54) is 6.08 Å². The summed E-state index contributed by atoms with van der Waals surface area (Å²) in [5.74, 6) is -0.516. The Labute approximate surface area is 175 Å². The molecule has 146 valence electrons. The summed E-state index contributed by atoms with van der Waals surface area (Å²) in [5, 5.41) is 3.36. The standard InChI is InChI=1S/C24H21ClN2O2/c1-2-27(19-11-4-3-5-12-19)24(29)20-13-7-9-15-22(20)26-23(28)17-16-18-10-6-8-14-21(18)25/h3-17H,2H2,1H3,(H,26,28)/b17-16+. The van der Waals surface area contributed by atoms with Crippen LogP contribution in [0.15, 0.2) is 84.9 Å². The fraction of sp³-hybridized carbons (Fsp3) is 0.0833. The van der Waals surface area contributed by atoms with Crippen LogP contribution in [0.2, 0.25) is 5.02 Å². The molecule has 0 saturated carbocycles. The van der Waals surface area contributed by atoms with Crippen molar-refractivity contribution >= 4 is 40.9 Å². The Hall–Kier alpha value is -3.37. The molecule has 0 bridgehead atoms. The lowest BCUT2D eigenvalue weighted by atomic mass is 10.1. The molecule has 0 aliphatic heterocycles. The van der Waals surface area contributed by atoms with E-state index in [0.29, 0.717) is 22.8 Å². The van der Waals surface area contributed by atoms with Crippen molar-refractivity contribution in [2.24, 2.45) is 0 Å². The van der Waals surface area contributed by atoms with E-state index in [4.69, 9.17) is 11.6 Å². The van der Waals surface area contributed by atoms with Crippen LogP contribution in [0.25, 0.3) is 6.08 Å². The van der Waals surface area contributed by atoms with Crippen LogP contribution in [0.4, 0.5) is 11.4 Å². The molecule has 0 aliphatic rings. The quantitative estimate of drug-likeness (QED) is 0.539. The van der Waals surface area contributed by atoms with E-state index in [0.717, 1.165) is 11.3 Å². The van der Waals surface area contributed by atoms with Gasteiger partial charge in [-0.2, -0.15) is 0 Å². The molecule has 29 heavy (non-hydrogen) atoms. The molecule has 0 aromatic heterocycles. The predicted octanol–water partition coefficient (Wildman–Crippen LogP) is 5.66. The van der Waals surface area contributed by atoms with Gasteiger partial charge in [-0.05, 0) is 48.9 Å². The summed E-state index contributed by atoms with van der Waals surface area (Å²) in [7, 11) is 0. The van der Waals surface area contributed by atoms with Gasteiger partial charge in [0.15, 0.2) is 0 Å². The lowest BCUT2D eigenvalue weighted by Gasteiger charge is -2.22. The van der Waals surface area contributed by atoms with Crippen LogP contribution < -0.4 is 10.2 Å². The van der Waals surface area contributed by atoms with Gasteiger partial charge in [0, 0.05) is 23.3 Å². The largest absolute Gasteiger partial charge is 0.322 e. The van der Waals surface area contributed by atoms with Crippen LogP contribution in [-0.2, 0) is 4.79 Å². The molecule has 3 rings (SSSR count). The summed E-state index contributed by atoms with van der Waals surface area (Å²) in [6, 6.07) is 23.7. The number of benzene rings is 3. The smallest absolute Gasteiger partial charge is 0.260 e. The predicted molar refractivity (Wildman–Crippen MR) is 119 cm³/mol. The minimum Gasteiger partial charge on any atom is -0.322 e. The number of carbonyl (C=O) groups excluding carboxylic acids is 2. The maximum absolute atomic E-state index is 13.1. The first kappa shape index (κ1) is 20.4. The van der Waals surface area contributed by atoms with Crippen LogP contribution in [0, 0.1) is 0 Å². The summed E-state index contributed by atoms with van der Waals surface area (Å²) in [6.45, 7) is 2.43. The van der Waals surface area contributed by atoms with Crippen LogP contribution in [0.3, 0.4) is 0 Å². The van der Waals surface area contributed by atoms with E-state index in [-0.39, 0.29) is 11.8 Å². The summed E-state index contributed by atoms with van der Waals surface area (Å²) in [4.78, 5) is 27.2. The van der Waals surface area contributed by atoms with Gasteiger partial charge in [-0.25, -0.2) is 0 Å². The van der Waals surface area contributed by atoms with Gasteiger partial charge in [0.1, 0.15) is 0 Å². The van der Waals surface area contributed by atoms with Crippen molar-refractivity contribution in [1.29, 1.82) is 0 Å². The molecule has 0 heterocycles. The number of carbonyl (C=O) groups is 2. The third kappa shape index (κ3) is 5.12. The van der Waals surface area contributed by atoms with Crippen molar-refractivity contribution in [3.63, 3.8) is 0 Å². The molecule has 3 aromatic carbocycles. The van der Waals surface area contributed by atoms with Gasteiger partial charge in [0.2, 0.25) is 5.91 Å². The normalized spacial score (nSPS) is 10.7. The number of nitrogens with one attached hydrogen (secondary N) is 1. The molecule has 0 fully saturated rings. The fourth-order valence-corrected chi connectivity index (χ4v) is 3.12. The Morgan fingerprint density at radius 2 is 1.59 bits per heavy atom. The second-order valence-electron chi connectivity index (χ2n) is 6.27. The Kier molecular flexibility index (Phi) is 6.82. The number of rotatable bonds is 6. The molecule has 0 spiro atoms. The average Bonchev–Trinajstić information content (AvgIpc) is 2.75. The van der Waals surface area contributed by atoms with Crippen LogP contribution in [0.1, 0.15) is 22.8 Å². The lowest BCUT2D eigenvalue weighted by Crippen LogP contribution is -2.31. The van der Waals surface area contributed by atoms with E-state index in [2.05, 4.69) is 5.32 Å². The van der Waals surface area contributed by atoms with Crippen molar-refractivity contribution in [3.05, 3.63) is 101 Å². The summed E-state index contributed by atoms with van der Waals surface area (Å²) < 4.78 is 0. The van der Waals surface area contributed by atoms with Crippen molar-refractivity contribution in [1.82, 2.24) is 0 Å². The number of halogens is 1. The number of hydrogen-bond acceptors (Lipinski definition) is 2. The van der Waals surface area contributed by atoms with Crippen LogP contribution >= 0.6 is 11.6 Å².